The molecule has 8 aromatic rings. The zero-order valence-corrected chi connectivity index (χ0v) is 32.2. The van der Waals surface area contributed by atoms with Crippen LogP contribution in [0.2, 0.25) is 0 Å². The lowest BCUT2D eigenvalue weighted by molar-refractivity contribution is 0.482. The van der Waals surface area contributed by atoms with Crippen LogP contribution >= 0.6 is 0 Å². The van der Waals surface area contributed by atoms with E-state index in [0.29, 0.717) is 0 Å². The summed E-state index contributed by atoms with van der Waals surface area (Å²) < 4.78 is 12.5. The molecule has 0 saturated heterocycles. The summed E-state index contributed by atoms with van der Waals surface area (Å²) in [6, 6.07) is 67.3. The highest BCUT2D eigenvalue weighted by Crippen LogP contribution is 2.38. The molecule has 274 valence electrons. The maximum Gasteiger partial charge on any atom is 0.127 e. The zero-order chi connectivity index (χ0) is 38.4. The van der Waals surface area contributed by atoms with Gasteiger partial charge in [-0.1, -0.05) is 95.1 Å². The molecule has 0 amide bonds. The third kappa shape index (κ3) is 8.36. The van der Waals surface area contributed by atoms with Crippen molar-refractivity contribution in [1.29, 1.82) is 0 Å². The molecule has 0 heterocycles. The number of aryl methyl sites for hydroxylation is 4. The van der Waals surface area contributed by atoms with Crippen molar-refractivity contribution in [2.45, 2.75) is 27.7 Å². The van der Waals surface area contributed by atoms with Gasteiger partial charge in [0.15, 0.2) is 0 Å². The Kier molecular flexibility index (Phi) is 10.4. The van der Waals surface area contributed by atoms with Crippen molar-refractivity contribution in [2.75, 3.05) is 9.80 Å². The highest BCUT2D eigenvalue weighted by atomic mass is 16.5. The Bertz CT molecular complexity index is 2220. The quantitative estimate of drug-likeness (QED) is 0.132. The normalized spacial score (nSPS) is 10.9. The Morgan fingerprint density at radius 3 is 0.625 bits per heavy atom. The van der Waals surface area contributed by atoms with E-state index in [2.05, 4.69) is 183 Å². The van der Waals surface area contributed by atoms with Crippen LogP contribution in [0, 0.1) is 27.7 Å². The summed E-state index contributed by atoms with van der Waals surface area (Å²) >= 11 is 0. The topological polar surface area (TPSA) is 24.9 Å². The van der Waals surface area contributed by atoms with Crippen LogP contribution in [0.3, 0.4) is 0 Å². The van der Waals surface area contributed by atoms with Crippen LogP contribution in [-0.2, 0) is 0 Å². The van der Waals surface area contributed by atoms with E-state index in [9.17, 15) is 0 Å². The van der Waals surface area contributed by atoms with Crippen LogP contribution in [0.15, 0.2) is 194 Å². The van der Waals surface area contributed by atoms with Crippen molar-refractivity contribution in [3.05, 3.63) is 216 Å². The SMILES string of the molecule is Cc1ccc(N(c2ccc(C)cc2)c2ccc(Oc3ccc(-c4ccc(Oc5ccc(N(c6ccc(C)cc6)c6ccc(C)cc6)cc5)cc4)cc3)cc2)cc1. The standard InChI is InChI=1S/C52H44N2O2/c1-37-5-17-43(18-6-37)53(44-19-7-38(2)8-20-44)47-25-33-51(34-26-47)55-49-29-13-41(14-30-49)42-15-31-50(32-16-42)56-52-35-27-48(28-36-52)54(45-21-9-39(3)10-22-45)46-23-11-40(4)12-24-46/h5-36H,1-4H3. The summed E-state index contributed by atoms with van der Waals surface area (Å²) in [4.78, 5) is 4.52. The first-order valence-electron chi connectivity index (χ1n) is 19.0. The van der Waals surface area contributed by atoms with Gasteiger partial charge in [-0.25, -0.2) is 0 Å². The summed E-state index contributed by atoms with van der Waals surface area (Å²) in [5.41, 5.74) is 13.7. The molecule has 0 radical (unpaired) electrons. The third-order valence-electron chi connectivity index (χ3n) is 9.87. The second-order valence-electron chi connectivity index (χ2n) is 14.3. The zero-order valence-electron chi connectivity index (χ0n) is 32.2. The molecule has 0 bridgehead atoms. The summed E-state index contributed by atoms with van der Waals surface area (Å²) in [6.45, 7) is 8.44. The molecule has 0 N–H and O–H groups in total. The molecule has 4 heteroatoms. The van der Waals surface area contributed by atoms with Crippen molar-refractivity contribution >= 4 is 34.1 Å². The van der Waals surface area contributed by atoms with E-state index in [1.165, 1.54) is 22.3 Å². The molecule has 0 aliphatic rings. The fourth-order valence-corrected chi connectivity index (χ4v) is 6.70. The molecule has 0 aliphatic heterocycles. The van der Waals surface area contributed by atoms with Gasteiger partial charge in [-0.3, -0.25) is 0 Å². The Balaban J connectivity index is 0.919. The average molecular weight is 729 g/mol. The number of nitrogens with zero attached hydrogens (tertiary/aromatic N) is 2. The molecule has 0 saturated carbocycles. The van der Waals surface area contributed by atoms with Crippen LogP contribution in [0.4, 0.5) is 34.1 Å². The fraction of sp³-hybridized carbons (Fsp3) is 0.0769. The van der Waals surface area contributed by atoms with Crippen molar-refractivity contribution < 1.29 is 9.47 Å². The maximum atomic E-state index is 6.27. The van der Waals surface area contributed by atoms with Gasteiger partial charge < -0.3 is 19.3 Å². The van der Waals surface area contributed by atoms with Gasteiger partial charge in [0, 0.05) is 34.1 Å². The largest absolute Gasteiger partial charge is 0.457 e. The van der Waals surface area contributed by atoms with Gasteiger partial charge in [0.1, 0.15) is 23.0 Å². The molecular weight excluding hydrogens is 685 g/mol. The van der Waals surface area contributed by atoms with E-state index >= 15 is 0 Å². The number of hydrogen-bond acceptors (Lipinski definition) is 4. The number of anilines is 6. The van der Waals surface area contributed by atoms with Gasteiger partial charge in [-0.05, 0) is 160 Å². The van der Waals surface area contributed by atoms with Crippen molar-refractivity contribution in [1.82, 2.24) is 0 Å². The Labute approximate surface area is 330 Å². The maximum absolute atomic E-state index is 6.27. The van der Waals surface area contributed by atoms with E-state index in [-0.39, 0.29) is 0 Å². The number of rotatable bonds is 11. The number of benzene rings is 8. The first-order valence-corrected chi connectivity index (χ1v) is 19.0. The molecule has 8 rings (SSSR count). The summed E-state index contributed by atoms with van der Waals surface area (Å²) in [5, 5.41) is 0. The van der Waals surface area contributed by atoms with Crippen LogP contribution in [0.25, 0.3) is 11.1 Å². The minimum absolute atomic E-state index is 0.779. The van der Waals surface area contributed by atoms with Crippen molar-refractivity contribution in [3.8, 4) is 34.1 Å². The smallest absolute Gasteiger partial charge is 0.127 e. The Hall–Kier alpha value is -7.04. The number of ether oxygens (including phenoxy) is 2. The molecular formula is C52H44N2O2. The van der Waals surface area contributed by atoms with E-state index in [0.717, 1.165) is 68.2 Å². The summed E-state index contributed by atoms with van der Waals surface area (Å²) in [7, 11) is 0. The molecule has 0 atom stereocenters. The summed E-state index contributed by atoms with van der Waals surface area (Å²) in [6.07, 6.45) is 0. The highest BCUT2D eigenvalue weighted by molar-refractivity contribution is 5.78. The third-order valence-corrected chi connectivity index (χ3v) is 9.87. The lowest BCUT2D eigenvalue weighted by Gasteiger charge is -2.26. The van der Waals surface area contributed by atoms with Crippen molar-refractivity contribution in [2.24, 2.45) is 0 Å². The van der Waals surface area contributed by atoms with Gasteiger partial charge in [-0.15, -0.1) is 0 Å². The van der Waals surface area contributed by atoms with Gasteiger partial charge in [0.05, 0.1) is 0 Å². The Morgan fingerprint density at radius 2 is 0.411 bits per heavy atom. The molecule has 0 unspecified atom stereocenters. The van der Waals surface area contributed by atoms with E-state index in [1.54, 1.807) is 0 Å². The van der Waals surface area contributed by atoms with Crippen LogP contribution in [0.1, 0.15) is 22.3 Å². The molecule has 8 aromatic carbocycles. The minimum atomic E-state index is 0.779. The van der Waals surface area contributed by atoms with E-state index < -0.39 is 0 Å². The van der Waals surface area contributed by atoms with Crippen LogP contribution in [-0.4, -0.2) is 0 Å². The molecule has 0 aliphatic carbocycles. The monoisotopic (exact) mass is 728 g/mol. The first kappa shape index (κ1) is 36.0. The second kappa shape index (κ2) is 16.1. The van der Waals surface area contributed by atoms with Crippen LogP contribution < -0.4 is 19.3 Å². The predicted octanol–water partition coefficient (Wildman–Crippen LogP) is 15.1. The lowest BCUT2D eigenvalue weighted by Crippen LogP contribution is -2.09. The second-order valence-corrected chi connectivity index (χ2v) is 14.3. The van der Waals surface area contributed by atoms with Gasteiger partial charge >= 0.3 is 0 Å². The van der Waals surface area contributed by atoms with Gasteiger partial charge in [0.25, 0.3) is 0 Å². The Morgan fingerprint density at radius 1 is 0.232 bits per heavy atom. The van der Waals surface area contributed by atoms with E-state index in [4.69, 9.17) is 9.47 Å². The van der Waals surface area contributed by atoms with Gasteiger partial charge in [0.2, 0.25) is 0 Å². The lowest BCUT2D eigenvalue weighted by atomic mass is 10.1. The van der Waals surface area contributed by atoms with Crippen LogP contribution in [0.5, 0.6) is 23.0 Å². The highest BCUT2D eigenvalue weighted by Gasteiger charge is 2.14. The van der Waals surface area contributed by atoms with E-state index in [1.807, 2.05) is 48.5 Å². The molecule has 0 fully saturated rings. The van der Waals surface area contributed by atoms with Gasteiger partial charge in [-0.2, -0.15) is 0 Å². The average Bonchev–Trinajstić information content (AvgIpc) is 3.23. The summed E-state index contributed by atoms with van der Waals surface area (Å²) in [5.74, 6) is 3.12. The minimum Gasteiger partial charge on any atom is -0.457 e. The first-order chi connectivity index (χ1) is 27.3. The molecule has 0 spiro atoms. The predicted molar refractivity (Wildman–Crippen MR) is 233 cm³/mol. The van der Waals surface area contributed by atoms with Crippen molar-refractivity contribution in [3.63, 3.8) is 0 Å². The molecule has 56 heavy (non-hydrogen) atoms. The number of hydrogen-bond donors (Lipinski definition) is 0. The fourth-order valence-electron chi connectivity index (χ4n) is 6.70. The molecule has 0 aromatic heterocycles. The molecule has 4 nitrogen and oxygen atoms in total.